The number of benzene rings is 1. The molecule has 0 bridgehead atoms. The monoisotopic (exact) mass is 301 g/mol. The van der Waals surface area contributed by atoms with Gasteiger partial charge in [0.25, 0.3) is 12.1 Å². The summed E-state index contributed by atoms with van der Waals surface area (Å²) in [5.41, 5.74) is 0.570. The molecule has 0 saturated heterocycles. The third-order valence-corrected chi connectivity index (χ3v) is 3.42. The molecule has 0 aliphatic rings. The van der Waals surface area contributed by atoms with E-state index in [0.29, 0.717) is 10.2 Å². The highest BCUT2D eigenvalue weighted by Gasteiger charge is 2.22. The molecule has 0 fully saturated rings. The van der Waals surface area contributed by atoms with Gasteiger partial charge in [-0.25, -0.2) is 13.5 Å². The fraction of sp³-hybridized carbons (Fsp3) is 0.200. The number of halogens is 2. The van der Waals surface area contributed by atoms with Crippen LogP contribution in [0.5, 0.6) is 0 Å². The molecule has 2 N–H and O–H groups in total. The maximum atomic E-state index is 12.5. The summed E-state index contributed by atoms with van der Waals surface area (Å²) in [5, 5.41) is 17.7. The number of nitrogens with two attached hydrogens (primary N) is 1. The first kappa shape index (κ1) is 14.2. The van der Waals surface area contributed by atoms with Gasteiger partial charge < -0.3 is 5.84 Å². The summed E-state index contributed by atoms with van der Waals surface area (Å²) in [6.45, 7) is 1.71. The number of nitrogen functional groups attached to an aromatic ring is 1. The summed E-state index contributed by atoms with van der Waals surface area (Å²) in [7, 11) is 0. The fourth-order valence-electron chi connectivity index (χ4n) is 1.46. The smallest absolute Gasteiger partial charge is 0.299 e. The van der Waals surface area contributed by atoms with Crippen LogP contribution in [0.3, 0.4) is 0 Å². The molecule has 2 rings (SSSR count). The first-order valence-corrected chi connectivity index (χ1v) is 6.13. The van der Waals surface area contributed by atoms with E-state index < -0.39 is 17.2 Å². The lowest BCUT2D eigenvalue weighted by atomic mass is 10.2. The minimum Gasteiger partial charge on any atom is -0.335 e. The van der Waals surface area contributed by atoms with Crippen molar-refractivity contribution in [1.82, 2.24) is 14.9 Å². The molecule has 0 aliphatic carbocycles. The Balaban J connectivity index is 2.38. The Kier molecular flexibility index (Phi) is 3.84. The van der Waals surface area contributed by atoms with Crippen molar-refractivity contribution in [3.05, 3.63) is 39.7 Å². The number of alkyl halides is 2. The predicted octanol–water partition coefficient (Wildman–Crippen LogP) is 2.30. The van der Waals surface area contributed by atoms with E-state index in [4.69, 9.17) is 5.84 Å². The summed E-state index contributed by atoms with van der Waals surface area (Å²) >= 11 is 0.805. The molecule has 0 atom stereocenters. The number of nitro groups is 1. The second-order valence-corrected chi connectivity index (χ2v) is 4.85. The second-order valence-electron chi connectivity index (χ2n) is 3.84. The Morgan fingerprint density at radius 2 is 2.15 bits per heavy atom. The lowest BCUT2D eigenvalue weighted by Gasteiger charge is -2.04. The van der Waals surface area contributed by atoms with Crippen LogP contribution in [0.15, 0.2) is 28.3 Å². The Bertz CT molecular complexity index is 661. The summed E-state index contributed by atoms with van der Waals surface area (Å²) < 4.78 is 25.7. The van der Waals surface area contributed by atoms with Gasteiger partial charge in [0.05, 0.1) is 9.82 Å². The van der Waals surface area contributed by atoms with Crippen molar-refractivity contribution in [2.24, 2.45) is 0 Å². The van der Waals surface area contributed by atoms with E-state index in [9.17, 15) is 18.9 Å². The molecular weight excluding hydrogens is 292 g/mol. The number of aromatic nitrogens is 3. The first-order chi connectivity index (χ1) is 9.40. The van der Waals surface area contributed by atoms with Gasteiger partial charge in [-0.2, -0.15) is 0 Å². The SMILES string of the molecule is Cc1ccc(Sc2nnc(C(F)F)n2N)c([N+](=O)[O-])c1. The molecule has 10 heteroatoms. The van der Waals surface area contributed by atoms with Crippen molar-refractivity contribution < 1.29 is 13.7 Å². The zero-order valence-corrected chi connectivity index (χ0v) is 11.0. The van der Waals surface area contributed by atoms with E-state index in [1.807, 2.05) is 0 Å². The van der Waals surface area contributed by atoms with E-state index in [1.54, 1.807) is 13.0 Å². The molecule has 0 spiro atoms. The van der Waals surface area contributed by atoms with Crippen LogP contribution in [0, 0.1) is 17.0 Å². The van der Waals surface area contributed by atoms with Gasteiger partial charge >= 0.3 is 0 Å². The van der Waals surface area contributed by atoms with Crippen molar-refractivity contribution in [2.75, 3.05) is 5.84 Å². The summed E-state index contributed by atoms with van der Waals surface area (Å²) in [6.07, 6.45) is -2.87. The molecule has 1 heterocycles. The first-order valence-electron chi connectivity index (χ1n) is 5.31. The lowest BCUT2D eigenvalue weighted by Crippen LogP contribution is -2.14. The van der Waals surface area contributed by atoms with E-state index in [-0.39, 0.29) is 15.7 Å². The molecule has 0 saturated carbocycles. The van der Waals surface area contributed by atoms with E-state index in [1.165, 1.54) is 12.1 Å². The quantitative estimate of drug-likeness (QED) is 0.528. The average molecular weight is 301 g/mol. The zero-order chi connectivity index (χ0) is 14.9. The largest absolute Gasteiger partial charge is 0.335 e. The van der Waals surface area contributed by atoms with Crippen molar-refractivity contribution in [3.63, 3.8) is 0 Å². The molecule has 0 aliphatic heterocycles. The average Bonchev–Trinajstić information content (AvgIpc) is 2.73. The van der Waals surface area contributed by atoms with Crippen LogP contribution < -0.4 is 5.84 Å². The van der Waals surface area contributed by atoms with Gasteiger partial charge in [0.2, 0.25) is 11.0 Å². The maximum Gasteiger partial charge on any atom is 0.299 e. The number of nitro benzene ring substituents is 1. The molecule has 7 nitrogen and oxygen atoms in total. The Labute approximate surface area is 115 Å². The van der Waals surface area contributed by atoms with Gasteiger partial charge in [-0.3, -0.25) is 10.1 Å². The van der Waals surface area contributed by atoms with Crippen LogP contribution in [0.1, 0.15) is 17.8 Å². The Morgan fingerprint density at radius 1 is 1.45 bits per heavy atom. The molecule has 20 heavy (non-hydrogen) atoms. The van der Waals surface area contributed by atoms with Crippen molar-refractivity contribution in [2.45, 2.75) is 23.4 Å². The summed E-state index contributed by atoms with van der Waals surface area (Å²) in [5.74, 6) is 4.74. The van der Waals surface area contributed by atoms with Crippen molar-refractivity contribution in [3.8, 4) is 0 Å². The minimum atomic E-state index is -2.87. The van der Waals surface area contributed by atoms with Gasteiger partial charge in [0.15, 0.2) is 0 Å². The fourth-order valence-corrected chi connectivity index (χ4v) is 2.31. The Hall–Kier alpha value is -2.23. The zero-order valence-electron chi connectivity index (χ0n) is 10.2. The number of nitrogens with zero attached hydrogens (tertiary/aromatic N) is 4. The van der Waals surface area contributed by atoms with Crippen LogP contribution in [0.25, 0.3) is 0 Å². The third-order valence-electron chi connectivity index (χ3n) is 2.40. The highest BCUT2D eigenvalue weighted by Crippen LogP contribution is 2.34. The Morgan fingerprint density at radius 3 is 2.70 bits per heavy atom. The van der Waals surface area contributed by atoms with Crippen LogP contribution in [0.4, 0.5) is 14.5 Å². The molecule has 0 amide bonds. The molecule has 1 aromatic carbocycles. The van der Waals surface area contributed by atoms with Gasteiger partial charge in [-0.1, -0.05) is 6.07 Å². The number of rotatable bonds is 4. The minimum absolute atomic E-state index is 0.0488. The molecule has 2 aromatic rings. The van der Waals surface area contributed by atoms with E-state index >= 15 is 0 Å². The molecule has 0 unspecified atom stereocenters. The van der Waals surface area contributed by atoms with E-state index in [0.717, 1.165) is 11.8 Å². The molecule has 106 valence electrons. The van der Waals surface area contributed by atoms with Crippen LogP contribution in [-0.2, 0) is 0 Å². The molecule has 0 radical (unpaired) electrons. The van der Waals surface area contributed by atoms with Gasteiger partial charge in [-0.15, -0.1) is 10.2 Å². The van der Waals surface area contributed by atoms with E-state index in [2.05, 4.69) is 10.2 Å². The normalized spacial score (nSPS) is 11.0. The van der Waals surface area contributed by atoms with Crippen LogP contribution in [-0.4, -0.2) is 19.8 Å². The second kappa shape index (κ2) is 5.41. The van der Waals surface area contributed by atoms with Crippen LogP contribution in [0.2, 0.25) is 0 Å². The van der Waals surface area contributed by atoms with Gasteiger partial charge in [-0.05, 0) is 30.3 Å². The molecule has 1 aromatic heterocycles. The maximum absolute atomic E-state index is 12.5. The highest BCUT2D eigenvalue weighted by atomic mass is 32.2. The standard InChI is InChI=1S/C10H9F2N5O2S/c1-5-2-3-7(6(4-5)17(18)19)20-10-15-14-9(8(11)12)16(10)13/h2-4,8H,13H2,1H3. The topological polar surface area (TPSA) is 99.9 Å². The van der Waals surface area contributed by atoms with Crippen LogP contribution >= 0.6 is 11.8 Å². The van der Waals surface area contributed by atoms with Gasteiger partial charge in [0, 0.05) is 6.07 Å². The number of aryl methyl sites for hydroxylation is 1. The number of hydrogen-bond acceptors (Lipinski definition) is 6. The lowest BCUT2D eigenvalue weighted by molar-refractivity contribution is -0.387. The predicted molar refractivity (Wildman–Crippen MR) is 67.1 cm³/mol. The van der Waals surface area contributed by atoms with Crippen molar-refractivity contribution in [1.29, 1.82) is 0 Å². The molecular formula is C10H9F2N5O2S. The third kappa shape index (κ3) is 2.69. The van der Waals surface area contributed by atoms with Gasteiger partial charge in [0.1, 0.15) is 0 Å². The number of hydrogen-bond donors (Lipinski definition) is 1. The summed E-state index contributed by atoms with van der Waals surface area (Å²) in [6, 6.07) is 4.56. The van der Waals surface area contributed by atoms with Crippen molar-refractivity contribution >= 4 is 17.4 Å². The highest BCUT2D eigenvalue weighted by molar-refractivity contribution is 7.99. The summed E-state index contributed by atoms with van der Waals surface area (Å²) in [4.78, 5) is 10.7.